The zero-order chi connectivity index (χ0) is 15.8. The van der Waals surface area contributed by atoms with E-state index in [1.54, 1.807) is 14.2 Å². The van der Waals surface area contributed by atoms with Crippen LogP contribution in [0.25, 0.3) is 0 Å². The minimum absolute atomic E-state index is 0.541. The van der Waals surface area contributed by atoms with Gasteiger partial charge in [0.05, 0.1) is 14.2 Å². The van der Waals surface area contributed by atoms with E-state index >= 15 is 0 Å². The number of ether oxygens (including phenoxy) is 2. The van der Waals surface area contributed by atoms with Gasteiger partial charge in [0.25, 0.3) is 0 Å². The highest BCUT2D eigenvalue weighted by atomic mass is 16.5. The molecule has 0 spiro atoms. The Labute approximate surface area is 132 Å². The lowest BCUT2D eigenvalue weighted by molar-refractivity contribution is 0.300. The summed E-state index contributed by atoms with van der Waals surface area (Å²) in [5.41, 5.74) is 7.05. The lowest BCUT2D eigenvalue weighted by atomic mass is 9.83. The molecule has 1 saturated carbocycles. The summed E-state index contributed by atoms with van der Waals surface area (Å²) < 4.78 is 10.5. The van der Waals surface area contributed by atoms with Gasteiger partial charge in [0.1, 0.15) is 0 Å². The minimum atomic E-state index is 0.541. The normalized spacial score (nSPS) is 15.3. The van der Waals surface area contributed by atoms with Crippen LogP contribution in [0.5, 0.6) is 11.5 Å². The van der Waals surface area contributed by atoms with E-state index in [0.29, 0.717) is 5.96 Å². The smallest absolute Gasteiger partial charge is 0.188 e. The van der Waals surface area contributed by atoms with Crippen molar-refractivity contribution in [2.24, 2.45) is 16.6 Å². The van der Waals surface area contributed by atoms with Crippen molar-refractivity contribution < 1.29 is 9.47 Å². The Bertz CT molecular complexity index is 499. The largest absolute Gasteiger partial charge is 0.493 e. The SMILES string of the molecule is COc1ccc(CCNC(N)=NCCC2CCC2)cc1OC. The van der Waals surface area contributed by atoms with Crippen LogP contribution in [0.15, 0.2) is 23.2 Å². The average Bonchev–Trinajstić information content (AvgIpc) is 2.49. The van der Waals surface area contributed by atoms with Gasteiger partial charge in [-0.3, -0.25) is 4.99 Å². The van der Waals surface area contributed by atoms with E-state index in [0.717, 1.165) is 43.3 Å². The molecule has 0 bridgehead atoms. The Morgan fingerprint density at radius 1 is 1.27 bits per heavy atom. The van der Waals surface area contributed by atoms with E-state index < -0.39 is 0 Å². The molecule has 0 unspecified atom stereocenters. The maximum Gasteiger partial charge on any atom is 0.188 e. The Hall–Kier alpha value is -1.91. The van der Waals surface area contributed by atoms with Gasteiger partial charge in [-0.1, -0.05) is 25.3 Å². The number of guanidine groups is 1. The number of aliphatic imine (C=N–C) groups is 1. The van der Waals surface area contributed by atoms with Crippen LogP contribution in [0.2, 0.25) is 0 Å². The number of hydrogen-bond donors (Lipinski definition) is 2. The maximum absolute atomic E-state index is 5.88. The molecule has 1 aromatic rings. The zero-order valence-corrected chi connectivity index (χ0v) is 13.6. The molecule has 5 nitrogen and oxygen atoms in total. The third kappa shape index (κ3) is 4.83. The van der Waals surface area contributed by atoms with Crippen LogP contribution in [0.4, 0.5) is 0 Å². The molecule has 0 aliphatic heterocycles. The Balaban J connectivity index is 1.71. The lowest BCUT2D eigenvalue weighted by Gasteiger charge is -2.24. The number of nitrogens with zero attached hydrogens (tertiary/aromatic N) is 1. The van der Waals surface area contributed by atoms with Crippen molar-refractivity contribution in [3.05, 3.63) is 23.8 Å². The monoisotopic (exact) mass is 305 g/mol. The highest BCUT2D eigenvalue weighted by Crippen LogP contribution is 2.29. The predicted octanol–water partition coefficient (Wildman–Crippen LogP) is 2.34. The van der Waals surface area contributed by atoms with Crippen LogP contribution < -0.4 is 20.5 Å². The van der Waals surface area contributed by atoms with Gasteiger partial charge in [-0.15, -0.1) is 0 Å². The van der Waals surface area contributed by atoms with E-state index in [1.807, 2.05) is 18.2 Å². The molecule has 3 N–H and O–H groups in total. The first kappa shape index (κ1) is 16.5. The van der Waals surface area contributed by atoms with Gasteiger partial charge in [0.15, 0.2) is 17.5 Å². The van der Waals surface area contributed by atoms with Crippen molar-refractivity contribution in [3.8, 4) is 11.5 Å². The third-order valence-corrected chi connectivity index (χ3v) is 4.21. The van der Waals surface area contributed by atoms with E-state index in [2.05, 4.69) is 10.3 Å². The van der Waals surface area contributed by atoms with Gasteiger partial charge >= 0.3 is 0 Å². The average molecular weight is 305 g/mol. The molecule has 5 heteroatoms. The van der Waals surface area contributed by atoms with Gasteiger partial charge < -0.3 is 20.5 Å². The fourth-order valence-electron chi connectivity index (χ4n) is 2.58. The van der Waals surface area contributed by atoms with Crippen LogP contribution in [-0.2, 0) is 6.42 Å². The number of nitrogens with two attached hydrogens (primary N) is 1. The first-order valence-corrected chi connectivity index (χ1v) is 7.97. The van der Waals surface area contributed by atoms with E-state index in [1.165, 1.54) is 24.8 Å². The van der Waals surface area contributed by atoms with Gasteiger partial charge in [0, 0.05) is 13.1 Å². The molecule has 1 aliphatic carbocycles. The summed E-state index contributed by atoms with van der Waals surface area (Å²) in [6, 6.07) is 5.95. The number of hydrogen-bond acceptors (Lipinski definition) is 3. The molecule has 2 rings (SSSR count). The Morgan fingerprint density at radius 3 is 2.68 bits per heavy atom. The third-order valence-electron chi connectivity index (χ3n) is 4.21. The van der Waals surface area contributed by atoms with Gasteiger partial charge in [-0.05, 0) is 36.5 Å². The molecule has 0 aromatic heterocycles. The van der Waals surface area contributed by atoms with Crippen LogP contribution in [0.3, 0.4) is 0 Å². The fraction of sp³-hybridized carbons (Fsp3) is 0.588. The van der Waals surface area contributed by atoms with Crippen LogP contribution in [-0.4, -0.2) is 33.3 Å². The van der Waals surface area contributed by atoms with Crippen molar-refractivity contribution >= 4 is 5.96 Å². The van der Waals surface area contributed by atoms with E-state index in [-0.39, 0.29) is 0 Å². The van der Waals surface area contributed by atoms with E-state index in [4.69, 9.17) is 15.2 Å². The van der Waals surface area contributed by atoms with Gasteiger partial charge in [0.2, 0.25) is 0 Å². The predicted molar refractivity (Wildman–Crippen MR) is 89.7 cm³/mol. The minimum Gasteiger partial charge on any atom is -0.493 e. The number of benzene rings is 1. The standard InChI is InChI=1S/C17H27N3O2/c1-21-15-7-6-14(12-16(15)22-2)9-11-20-17(18)19-10-8-13-4-3-5-13/h6-7,12-13H,3-5,8-11H2,1-2H3,(H3,18,19,20). The summed E-state index contributed by atoms with van der Waals surface area (Å²) in [6.07, 6.45) is 6.13. The second kappa shape index (κ2) is 8.51. The van der Waals surface area contributed by atoms with Crippen molar-refractivity contribution in [3.63, 3.8) is 0 Å². The maximum atomic E-state index is 5.88. The van der Waals surface area contributed by atoms with E-state index in [9.17, 15) is 0 Å². The van der Waals surface area contributed by atoms with Crippen LogP contribution >= 0.6 is 0 Å². The molecule has 1 fully saturated rings. The zero-order valence-electron chi connectivity index (χ0n) is 13.6. The highest BCUT2D eigenvalue weighted by molar-refractivity contribution is 5.77. The lowest BCUT2D eigenvalue weighted by Crippen LogP contribution is -2.33. The second-order valence-electron chi connectivity index (χ2n) is 5.72. The summed E-state index contributed by atoms with van der Waals surface area (Å²) in [4.78, 5) is 4.38. The number of nitrogens with one attached hydrogen (secondary N) is 1. The molecule has 0 amide bonds. The Morgan fingerprint density at radius 2 is 2.05 bits per heavy atom. The molecular weight excluding hydrogens is 278 g/mol. The Kier molecular flexibility index (Phi) is 6.37. The molecule has 1 aliphatic rings. The van der Waals surface area contributed by atoms with Crippen molar-refractivity contribution in [2.75, 3.05) is 27.3 Å². The molecule has 0 saturated heterocycles. The van der Waals surface area contributed by atoms with Crippen LogP contribution in [0, 0.1) is 5.92 Å². The van der Waals surface area contributed by atoms with Gasteiger partial charge in [-0.25, -0.2) is 0 Å². The molecule has 22 heavy (non-hydrogen) atoms. The van der Waals surface area contributed by atoms with Crippen molar-refractivity contribution in [1.82, 2.24) is 5.32 Å². The molecule has 122 valence electrons. The first-order chi connectivity index (χ1) is 10.7. The summed E-state index contributed by atoms with van der Waals surface area (Å²) in [5.74, 6) is 2.92. The number of rotatable bonds is 8. The molecule has 1 aromatic carbocycles. The molecule has 0 atom stereocenters. The second-order valence-corrected chi connectivity index (χ2v) is 5.72. The summed E-state index contributed by atoms with van der Waals surface area (Å²) in [6.45, 7) is 1.59. The first-order valence-electron chi connectivity index (χ1n) is 7.97. The fourth-order valence-corrected chi connectivity index (χ4v) is 2.58. The molecule has 0 radical (unpaired) electrons. The molecular formula is C17H27N3O2. The summed E-state index contributed by atoms with van der Waals surface area (Å²) in [5, 5.41) is 3.16. The van der Waals surface area contributed by atoms with Crippen molar-refractivity contribution in [1.29, 1.82) is 0 Å². The van der Waals surface area contributed by atoms with Crippen molar-refractivity contribution in [2.45, 2.75) is 32.1 Å². The summed E-state index contributed by atoms with van der Waals surface area (Å²) >= 11 is 0. The highest BCUT2D eigenvalue weighted by Gasteiger charge is 2.16. The van der Waals surface area contributed by atoms with Crippen LogP contribution in [0.1, 0.15) is 31.2 Å². The van der Waals surface area contributed by atoms with Gasteiger partial charge in [-0.2, -0.15) is 0 Å². The topological polar surface area (TPSA) is 68.9 Å². The quantitative estimate of drug-likeness (QED) is 0.571. The summed E-state index contributed by atoms with van der Waals surface area (Å²) in [7, 11) is 3.28. The number of methoxy groups -OCH3 is 2. The molecule has 0 heterocycles.